The summed E-state index contributed by atoms with van der Waals surface area (Å²) in [6.45, 7) is 3.77. The van der Waals surface area contributed by atoms with Gasteiger partial charge in [-0.25, -0.2) is 0 Å². The first-order valence-electron chi connectivity index (χ1n) is 6.50. The van der Waals surface area contributed by atoms with Crippen molar-refractivity contribution in [2.75, 3.05) is 26.2 Å². The van der Waals surface area contributed by atoms with Crippen LogP contribution in [0.2, 0.25) is 0 Å². The first-order chi connectivity index (χ1) is 8.83. The summed E-state index contributed by atoms with van der Waals surface area (Å²) in [7, 11) is 0. The van der Waals surface area contributed by atoms with E-state index in [0.717, 1.165) is 49.3 Å². The molecule has 0 saturated carbocycles. The Morgan fingerprint density at radius 1 is 1.39 bits per heavy atom. The number of hydrogen-bond acceptors (Lipinski definition) is 3. The van der Waals surface area contributed by atoms with Crippen LogP contribution in [0.3, 0.4) is 0 Å². The van der Waals surface area contributed by atoms with Crippen LogP contribution in [0, 0.1) is 0 Å². The van der Waals surface area contributed by atoms with Crippen molar-refractivity contribution in [1.82, 2.24) is 9.88 Å². The highest BCUT2D eigenvalue weighted by Crippen LogP contribution is 2.24. The highest BCUT2D eigenvalue weighted by Gasteiger charge is 2.18. The number of nitrogens with one attached hydrogen (secondary N) is 1. The number of H-pyrrole nitrogens is 1. The van der Waals surface area contributed by atoms with Crippen LogP contribution in [0.15, 0.2) is 30.5 Å². The largest absolute Gasteiger partial charge is 0.492 e. The van der Waals surface area contributed by atoms with Gasteiger partial charge in [0.15, 0.2) is 0 Å². The summed E-state index contributed by atoms with van der Waals surface area (Å²) >= 11 is 0. The second kappa shape index (κ2) is 5.00. The zero-order valence-electron chi connectivity index (χ0n) is 10.4. The quantitative estimate of drug-likeness (QED) is 0.860. The van der Waals surface area contributed by atoms with Gasteiger partial charge >= 0.3 is 0 Å². The number of benzene rings is 1. The van der Waals surface area contributed by atoms with E-state index in [4.69, 9.17) is 10.5 Å². The minimum Gasteiger partial charge on any atom is -0.492 e. The van der Waals surface area contributed by atoms with Gasteiger partial charge in [-0.1, -0.05) is 6.07 Å². The molecule has 1 fully saturated rings. The lowest BCUT2D eigenvalue weighted by molar-refractivity contribution is 0.238. The zero-order valence-corrected chi connectivity index (χ0v) is 10.4. The first kappa shape index (κ1) is 11.6. The summed E-state index contributed by atoms with van der Waals surface area (Å²) in [6, 6.07) is 8.49. The van der Waals surface area contributed by atoms with E-state index < -0.39 is 0 Å². The van der Waals surface area contributed by atoms with E-state index in [1.54, 1.807) is 0 Å². The van der Waals surface area contributed by atoms with Gasteiger partial charge in [0.25, 0.3) is 0 Å². The van der Waals surface area contributed by atoms with Crippen LogP contribution in [0.25, 0.3) is 10.9 Å². The van der Waals surface area contributed by atoms with Crippen LogP contribution < -0.4 is 10.5 Å². The third kappa shape index (κ3) is 2.35. The molecule has 1 aliphatic heterocycles. The van der Waals surface area contributed by atoms with Crippen molar-refractivity contribution in [3.8, 4) is 5.75 Å². The molecular weight excluding hydrogens is 226 g/mol. The normalized spacial score (nSPS) is 20.6. The molecule has 2 aromatic rings. The Morgan fingerprint density at radius 3 is 3.17 bits per heavy atom. The van der Waals surface area contributed by atoms with E-state index >= 15 is 0 Å². The van der Waals surface area contributed by atoms with Crippen LogP contribution in [0.5, 0.6) is 5.75 Å². The smallest absolute Gasteiger partial charge is 0.128 e. The van der Waals surface area contributed by atoms with Crippen LogP contribution >= 0.6 is 0 Å². The number of ether oxygens (including phenoxy) is 1. The summed E-state index contributed by atoms with van der Waals surface area (Å²) in [4.78, 5) is 5.55. The highest BCUT2D eigenvalue weighted by atomic mass is 16.5. The maximum Gasteiger partial charge on any atom is 0.128 e. The molecule has 1 saturated heterocycles. The molecule has 3 rings (SSSR count). The van der Waals surface area contributed by atoms with E-state index in [9.17, 15) is 0 Å². The fourth-order valence-electron chi connectivity index (χ4n) is 2.53. The molecular formula is C14H19N3O. The van der Waals surface area contributed by atoms with Gasteiger partial charge in [0, 0.05) is 36.2 Å². The highest BCUT2D eigenvalue weighted by molar-refractivity contribution is 5.85. The van der Waals surface area contributed by atoms with Crippen molar-refractivity contribution in [1.29, 1.82) is 0 Å². The van der Waals surface area contributed by atoms with Gasteiger partial charge < -0.3 is 15.5 Å². The molecule has 0 radical (unpaired) electrons. The number of rotatable bonds is 4. The van der Waals surface area contributed by atoms with Gasteiger partial charge in [-0.15, -0.1) is 0 Å². The van der Waals surface area contributed by atoms with Gasteiger partial charge in [0.1, 0.15) is 12.4 Å². The number of nitrogens with zero attached hydrogens (tertiary/aromatic N) is 1. The van der Waals surface area contributed by atoms with Crippen molar-refractivity contribution >= 4 is 10.9 Å². The molecule has 18 heavy (non-hydrogen) atoms. The predicted octanol–water partition coefficient (Wildman–Crippen LogP) is 1.58. The molecule has 0 amide bonds. The Morgan fingerprint density at radius 2 is 2.33 bits per heavy atom. The number of likely N-dealkylation sites (tertiary alicyclic amines) is 1. The Balaban J connectivity index is 1.58. The zero-order chi connectivity index (χ0) is 12.4. The van der Waals surface area contributed by atoms with E-state index in [0.29, 0.717) is 6.04 Å². The lowest BCUT2D eigenvalue weighted by Gasteiger charge is -2.15. The summed E-state index contributed by atoms with van der Waals surface area (Å²) in [5, 5.41) is 1.15. The van der Waals surface area contributed by atoms with E-state index in [-0.39, 0.29) is 0 Å². The molecule has 4 heteroatoms. The number of aromatic nitrogens is 1. The molecule has 0 bridgehead atoms. The Hall–Kier alpha value is -1.52. The summed E-state index contributed by atoms with van der Waals surface area (Å²) in [5.74, 6) is 0.956. The molecule has 1 atom stereocenters. The Labute approximate surface area is 107 Å². The fourth-order valence-corrected chi connectivity index (χ4v) is 2.53. The van der Waals surface area contributed by atoms with Crippen LogP contribution in [0.4, 0.5) is 0 Å². The van der Waals surface area contributed by atoms with E-state index in [1.165, 1.54) is 0 Å². The SMILES string of the molecule is NC1CCN(CCOc2cccc3[nH]ccc23)C1. The summed E-state index contributed by atoms with van der Waals surface area (Å²) in [6.07, 6.45) is 3.05. The summed E-state index contributed by atoms with van der Waals surface area (Å²) in [5.41, 5.74) is 7.00. The summed E-state index contributed by atoms with van der Waals surface area (Å²) < 4.78 is 5.87. The second-order valence-corrected chi connectivity index (χ2v) is 4.89. The minimum absolute atomic E-state index is 0.345. The third-order valence-electron chi connectivity index (χ3n) is 3.53. The fraction of sp³-hybridized carbons (Fsp3) is 0.429. The standard InChI is InChI=1S/C14H19N3O/c15-11-5-7-17(10-11)8-9-18-14-3-1-2-13-12(14)4-6-16-13/h1-4,6,11,16H,5,7-10,15H2. The van der Waals surface area contributed by atoms with Crippen molar-refractivity contribution in [3.63, 3.8) is 0 Å². The molecule has 1 aromatic heterocycles. The van der Waals surface area contributed by atoms with Crippen molar-refractivity contribution < 1.29 is 4.74 Å². The molecule has 3 N–H and O–H groups in total. The van der Waals surface area contributed by atoms with Gasteiger partial charge in [0.2, 0.25) is 0 Å². The predicted molar refractivity (Wildman–Crippen MR) is 72.8 cm³/mol. The molecule has 4 nitrogen and oxygen atoms in total. The van der Waals surface area contributed by atoms with Gasteiger partial charge in [-0.3, -0.25) is 4.90 Å². The molecule has 0 spiro atoms. The van der Waals surface area contributed by atoms with Crippen molar-refractivity contribution in [2.24, 2.45) is 5.73 Å². The van der Waals surface area contributed by atoms with Crippen LogP contribution in [-0.2, 0) is 0 Å². The molecule has 0 aliphatic carbocycles. The van der Waals surface area contributed by atoms with Crippen LogP contribution in [0.1, 0.15) is 6.42 Å². The number of fused-ring (bicyclic) bond motifs is 1. The van der Waals surface area contributed by atoms with Gasteiger partial charge in [-0.05, 0) is 31.2 Å². The number of aromatic amines is 1. The van der Waals surface area contributed by atoms with E-state index in [2.05, 4.69) is 22.0 Å². The molecule has 1 aromatic carbocycles. The lowest BCUT2D eigenvalue weighted by Crippen LogP contribution is -2.29. The maximum absolute atomic E-state index is 5.88. The molecule has 1 unspecified atom stereocenters. The molecule has 2 heterocycles. The maximum atomic E-state index is 5.88. The van der Waals surface area contributed by atoms with Crippen LogP contribution in [-0.4, -0.2) is 42.2 Å². The van der Waals surface area contributed by atoms with Crippen molar-refractivity contribution in [3.05, 3.63) is 30.5 Å². The van der Waals surface area contributed by atoms with Gasteiger partial charge in [0.05, 0.1) is 0 Å². The number of nitrogens with two attached hydrogens (primary N) is 1. The van der Waals surface area contributed by atoms with Gasteiger partial charge in [-0.2, -0.15) is 0 Å². The molecule has 96 valence electrons. The topological polar surface area (TPSA) is 54.3 Å². The Kier molecular flexibility index (Phi) is 3.21. The molecule has 1 aliphatic rings. The Bertz CT molecular complexity index is 522. The number of hydrogen-bond donors (Lipinski definition) is 2. The van der Waals surface area contributed by atoms with E-state index in [1.807, 2.05) is 18.3 Å². The average molecular weight is 245 g/mol. The second-order valence-electron chi connectivity index (χ2n) is 4.89. The minimum atomic E-state index is 0.345. The lowest BCUT2D eigenvalue weighted by atomic mass is 10.2. The first-order valence-corrected chi connectivity index (χ1v) is 6.50. The third-order valence-corrected chi connectivity index (χ3v) is 3.53. The monoisotopic (exact) mass is 245 g/mol. The van der Waals surface area contributed by atoms with Crippen molar-refractivity contribution in [2.45, 2.75) is 12.5 Å². The average Bonchev–Trinajstić information content (AvgIpc) is 2.98.